The lowest BCUT2D eigenvalue weighted by molar-refractivity contribution is -0.133. The highest BCUT2D eigenvalue weighted by Gasteiger charge is 2.48. The molecule has 1 N–H and O–H groups in total. The van der Waals surface area contributed by atoms with Crippen LogP contribution in [0.4, 0.5) is 0 Å². The Morgan fingerprint density at radius 1 is 1.04 bits per heavy atom. The first-order valence-corrected chi connectivity index (χ1v) is 10.7. The summed E-state index contributed by atoms with van der Waals surface area (Å²) in [5.74, 6) is -1.99. The zero-order valence-corrected chi connectivity index (χ0v) is 16.6. The van der Waals surface area contributed by atoms with Crippen molar-refractivity contribution in [3.8, 4) is 0 Å². The van der Waals surface area contributed by atoms with Gasteiger partial charge in [0.1, 0.15) is 0 Å². The number of hydrogen-bond donors (Lipinski definition) is 1. The number of benzene rings is 1. The summed E-state index contributed by atoms with van der Waals surface area (Å²) in [7, 11) is -1.41. The number of ketones is 2. The van der Waals surface area contributed by atoms with Crippen molar-refractivity contribution < 1.29 is 18.9 Å². The first-order valence-electron chi connectivity index (χ1n) is 9.54. The van der Waals surface area contributed by atoms with Gasteiger partial charge in [-0.25, -0.2) is 4.21 Å². The molecule has 2 aliphatic rings. The normalized spacial score (nSPS) is 28.6. The van der Waals surface area contributed by atoms with Gasteiger partial charge in [0.2, 0.25) is 0 Å². The molecule has 1 aromatic rings. The average molecular weight is 387 g/mol. The minimum Gasteiger partial charge on any atom is -0.396 e. The summed E-state index contributed by atoms with van der Waals surface area (Å²) in [6, 6.07) is 7.53. The van der Waals surface area contributed by atoms with Crippen molar-refractivity contribution in [2.45, 2.75) is 38.0 Å². The summed E-state index contributed by atoms with van der Waals surface area (Å²) >= 11 is 0. The van der Waals surface area contributed by atoms with Crippen molar-refractivity contribution >= 4 is 22.4 Å². The maximum Gasteiger partial charge on any atom is 0.160 e. The van der Waals surface area contributed by atoms with Crippen LogP contribution >= 0.6 is 0 Å². The fraction of sp³-hybridized carbons (Fsp3) is 0.455. The number of hydrogen-bond acceptors (Lipinski definition) is 4. The number of carbonyl (C=O) groups is 2. The highest BCUT2D eigenvalue weighted by molar-refractivity contribution is 7.89. The molecule has 0 saturated heterocycles. The van der Waals surface area contributed by atoms with Crippen LogP contribution in [0, 0.1) is 30.6 Å². The molecule has 5 atom stereocenters. The predicted octanol–water partition coefficient (Wildman–Crippen LogP) is 3.36. The van der Waals surface area contributed by atoms with Gasteiger partial charge in [-0.15, -0.1) is 0 Å². The number of aliphatic hydroxyl groups is 1. The molecule has 0 radical (unpaired) electrons. The molecule has 0 aromatic heterocycles. The van der Waals surface area contributed by atoms with Crippen molar-refractivity contribution in [3.63, 3.8) is 0 Å². The molecule has 3 rings (SSSR count). The SMILES string of the molecule is CCCC[C@H]1C(S(=O)c2ccc(C)cc2)=C[C@@H](CO)[C@H]2C(=O)C=CC(=O)[C@H]21. The molecule has 0 spiro atoms. The van der Waals surface area contributed by atoms with Gasteiger partial charge in [-0.2, -0.15) is 0 Å². The summed E-state index contributed by atoms with van der Waals surface area (Å²) in [4.78, 5) is 26.6. The molecular formula is C22H26O4S. The summed E-state index contributed by atoms with van der Waals surface area (Å²) < 4.78 is 13.4. The lowest BCUT2D eigenvalue weighted by atomic mass is 9.64. The van der Waals surface area contributed by atoms with Crippen molar-refractivity contribution in [2.24, 2.45) is 23.7 Å². The smallest absolute Gasteiger partial charge is 0.160 e. The van der Waals surface area contributed by atoms with Crippen LogP contribution in [0.3, 0.4) is 0 Å². The molecule has 4 nitrogen and oxygen atoms in total. The minimum absolute atomic E-state index is 0.0920. The van der Waals surface area contributed by atoms with Crippen LogP contribution in [-0.4, -0.2) is 27.5 Å². The highest BCUT2D eigenvalue weighted by atomic mass is 32.2. The largest absolute Gasteiger partial charge is 0.396 e. The highest BCUT2D eigenvalue weighted by Crippen LogP contribution is 2.45. The second-order valence-electron chi connectivity index (χ2n) is 7.44. The van der Waals surface area contributed by atoms with Crippen LogP contribution in [0.2, 0.25) is 0 Å². The van der Waals surface area contributed by atoms with E-state index in [0.717, 1.165) is 18.4 Å². The van der Waals surface area contributed by atoms with Gasteiger partial charge in [0.05, 0.1) is 17.4 Å². The maximum absolute atomic E-state index is 13.4. The van der Waals surface area contributed by atoms with Crippen LogP contribution in [0.5, 0.6) is 0 Å². The number of carbonyl (C=O) groups excluding carboxylic acids is 2. The topological polar surface area (TPSA) is 71.4 Å². The second-order valence-corrected chi connectivity index (χ2v) is 8.92. The second kappa shape index (κ2) is 8.44. The summed E-state index contributed by atoms with van der Waals surface area (Å²) in [6.45, 7) is 3.82. The third kappa shape index (κ3) is 3.90. The van der Waals surface area contributed by atoms with Gasteiger partial charge >= 0.3 is 0 Å². The molecule has 0 bridgehead atoms. The first-order chi connectivity index (χ1) is 13.0. The van der Waals surface area contributed by atoms with E-state index < -0.39 is 28.6 Å². The zero-order valence-electron chi connectivity index (χ0n) is 15.8. The summed E-state index contributed by atoms with van der Waals surface area (Å²) in [5.41, 5.74) is 1.09. The van der Waals surface area contributed by atoms with E-state index in [-0.39, 0.29) is 24.1 Å². The quantitative estimate of drug-likeness (QED) is 0.814. The Kier molecular flexibility index (Phi) is 6.22. The number of fused-ring (bicyclic) bond motifs is 1. The van der Waals surface area contributed by atoms with Crippen LogP contribution in [0.25, 0.3) is 0 Å². The Bertz CT molecular complexity index is 806. The number of unbranched alkanes of at least 4 members (excludes halogenated alkanes) is 1. The molecule has 144 valence electrons. The molecule has 0 fully saturated rings. The van der Waals surface area contributed by atoms with Gasteiger partial charge in [0.25, 0.3) is 0 Å². The van der Waals surface area contributed by atoms with Crippen LogP contribution < -0.4 is 0 Å². The maximum atomic E-state index is 13.4. The van der Waals surface area contributed by atoms with E-state index in [0.29, 0.717) is 16.2 Å². The molecule has 1 unspecified atom stereocenters. The third-order valence-corrected chi connectivity index (χ3v) is 7.19. The van der Waals surface area contributed by atoms with Gasteiger partial charge < -0.3 is 5.11 Å². The van der Waals surface area contributed by atoms with E-state index in [1.165, 1.54) is 12.2 Å². The van der Waals surface area contributed by atoms with E-state index in [1.54, 1.807) is 0 Å². The lowest BCUT2D eigenvalue weighted by Crippen LogP contribution is -2.46. The fourth-order valence-electron chi connectivity index (χ4n) is 4.19. The van der Waals surface area contributed by atoms with Crippen LogP contribution in [0.15, 0.2) is 52.3 Å². The number of allylic oxidation sites excluding steroid dienone is 3. The van der Waals surface area contributed by atoms with Gasteiger partial charge in [-0.3, -0.25) is 9.59 Å². The molecule has 5 heteroatoms. The molecule has 27 heavy (non-hydrogen) atoms. The standard InChI is InChI=1S/C22H26O4S/c1-3-4-5-17-20(27(26)16-8-6-14(2)7-9-16)12-15(13-23)21-18(24)10-11-19(25)22(17)21/h6-12,15,17,21-23H,3-5,13H2,1-2H3/t15-,17-,21-,22+,27?/m0/s1. The van der Waals surface area contributed by atoms with Gasteiger partial charge in [-0.05, 0) is 37.6 Å². The van der Waals surface area contributed by atoms with Crippen molar-refractivity contribution in [3.05, 3.63) is 53.0 Å². The summed E-state index contributed by atoms with van der Waals surface area (Å²) in [5, 5.41) is 9.87. The number of aryl methyl sites for hydroxylation is 1. The van der Waals surface area contributed by atoms with Crippen molar-refractivity contribution in [1.82, 2.24) is 0 Å². The summed E-state index contributed by atoms with van der Waals surface area (Å²) in [6.07, 6.45) is 7.06. The average Bonchev–Trinajstić information content (AvgIpc) is 2.68. The van der Waals surface area contributed by atoms with E-state index in [1.807, 2.05) is 37.3 Å². The molecule has 1 aromatic carbocycles. The van der Waals surface area contributed by atoms with E-state index in [9.17, 15) is 18.9 Å². The Morgan fingerprint density at radius 3 is 2.26 bits per heavy atom. The van der Waals surface area contributed by atoms with Crippen molar-refractivity contribution in [1.29, 1.82) is 0 Å². The van der Waals surface area contributed by atoms with Gasteiger partial charge in [0.15, 0.2) is 11.6 Å². The van der Waals surface area contributed by atoms with Crippen LogP contribution in [-0.2, 0) is 20.4 Å². The minimum atomic E-state index is -1.41. The fourth-order valence-corrected chi connectivity index (χ4v) is 5.68. The Balaban J connectivity index is 2.06. The molecule has 0 aliphatic heterocycles. The van der Waals surface area contributed by atoms with Crippen LogP contribution in [0.1, 0.15) is 31.7 Å². The molecule has 0 heterocycles. The third-order valence-electron chi connectivity index (χ3n) is 5.62. The number of rotatable bonds is 6. The molecule has 0 amide bonds. The Hall–Kier alpha value is -1.85. The number of aliphatic hydroxyl groups excluding tert-OH is 1. The molecule has 0 saturated carbocycles. The van der Waals surface area contributed by atoms with Gasteiger partial charge in [0, 0.05) is 33.5 Å². The van der Waals surface area contributed by atoms with E-state index >= 15 is 0 Å². The molecular weight excluding hydrogens is 360 g/mol. The predicted molar refractivity (Wildman–Crippen MR) is 105 cm³/mol. The Morgan fingerprint density at radius 2 is 1.67 bits per heavy atom. The van der Waals surface area contributed by atoms with Gasteiger partial charge in [-0.1, -0.05) is 43.5 Å². The first kappa shape index (κ1) is 19.9. The monoisotopic (exact) mass is 386 g/mol. The van der Waals surface area contributed by atoms with E-state index in [2.05, 4.69) is 6.92 Å². The molecule has 2 aliphatic carbocycles. The zero-order chi connectivity index (χ0) is 19.6. The Labute approximate surface area is 162 Å². The lowest BCUT2D eigenvalue weighted by Gasteiger charge is -2.41. The van der Waals surface area contributed by atoms with E-state index in [4.69, 9.17) is 0 Å². The van der Waals surface area contributed by atoms with Crippen molar-refractivity contribution in [2.75, 3.05) is 6.61 Å².